The molecular formula is C18H26N2O5. The molecule has 2 rings (SSSR count). The van der Waals surface area contributed by atoms with Crippen molar-refractivity contribution in [2.45, 2.75) is 57.1 Å². The predicted molar refractivity (Wildman–Crippen MR) is 91.7 cm³/mol. The summed E-state index contributed by atoms with van der Waals surface area (Å²) < 4.78 is 10.9. The Morgan fingerprint density at radius 2 is 2.08 bits per heavy atom. The van der Waals surface area contributed by atoms with E-state index >= 15 is 0 Å². The number of methoxy groups -OCH3 is 1. The van der Waals surface area contributed by atoms with E-state index in [0.717, 1.165) is 25.7 Å². The van der Waals surface area contributed by atoms with Crippen molar-refractivity contribution in [1.29, 1.82) is 0 Å². The van der Waals surface area contributed by atoms with E-state index in [9.17, 15) is 9.59 Å². The Morgan fingerprint density at radius 1 is 1.36 bits per heavy atom. The molecule has 1 aromatic heterocycles. The maximum Gasteiger partial charge on any atom is 0.305 e. The SMILES string of the molecule is COCC(C)(CC(=O)O)NC(=O)c1ccnc(OC2CCCCC2)c1. The van der Waals surface area contributed by atoms with Gasteiger partial charge in [0.2, 0.25) is 5.88 Å². The van der Waals surface area contributed by atoms with E-state index in [1.165, 1.54) is 19.7 Å². The molecule has 1 saturated carbocycles. The highest BCUT2D eigenvalue weighted by molar-refractivity contribution is 5.95. The third-order valence-corrected chi connectivity index (χ3v) is 4.26. The van der Waals surface area contributed by atoms with Crippen LogP contribution in [0, 0.1) is 0 Å². The quantitative estimate of drug-likeness (QED) is 0.747. The second-order valence-electron chi connectivity index (χ2n) is 6.78. The fourth-order valence-corrected chi connectivity index (χ4v) is 3.10. The minimum Gasteiger partial charge on any atom is -0.481 e. The largest absolute Gasteiger partial charge is 0.481 e. The second kappa shape index (κ2) is 8.80. The fourth-order valence-electron chi connectivity index (χ4n) is 3.10. The number of amides is 1. The van der Waals surface area contributed by atoms with Crippen LogP contribution in [0.25, 0.3) is 0 Å². The number of hydrogen-bond acceptors (Lipinski definition) is 5. The molecule has 7 heteroatoms. The maximum atomic E-state index is 12.5. The van der Waals surface area contributed by atoms with E-state index in [4.69, 9.17) is 14.6 Å². The van der Waals surface area contributed by atoms with Crippen LogP contribution in [0.5, 0.6) is 5.88 Å². The first-order valence-electron chi connectivity index (χ1n) is 8.58. The fraction of sp³-hybridized carbons (Fsp3) is 0.611. The molecule has 0 bridgehead atoms. The normalized spacial score (nSPS) is 17.5. The smallest absolute Gasteiger partial charge is 0.305 e. The monoisotopic (exact) mass is 350 g/mol. The third-order valence-electron chi connectivity index (χ3n) is 4.26. The Labute approximate surface area is 147 Å². The molecule has 1 aliphatic carbocycles. The van der Waals surface area contributed by atoms with Crippen LogP contribution in [-0.2, 0) is 9.53 Å². The van der Waals surface area contributed by atoms with Crippen molar-refractivity contribution < 1.29 is 24.2 Å². The molecule has 1 atom stereocenters. The van der Waals surface area contributed by atoms with Gasteiger partial charge in [0.25, 0.3) is 5.91 Å². The van der Waals surface area contributed by atoms with E-state index in [2.05, 4.69) is 10.3 Å². The third kappa shape index (κ3) is 6.01. The van der Waals surface area contributed by atoms with E-state index in [-0.39, 0.29) is 25.0 Å². The lowest BCUT2D eigenvalue weighted by Gasteiger charge is -2.28. The van der Waals surface area contributed by atoms with Crippen molar-refractivity contribution in [1.82, 2.24) is 10.3 Å². The van der Waals surface area contributed by atoms with Gasteiger partial charge in [0, 0.05) is 24.9 Å². The van der Waals surface area contributed by atoms with E-state index < -0.39 is 11.5 Å². The molecule has 1 aliphatic rings. The summed E-state index contributed by atoms with van der Waals surface area (Å²) in [5, 5.41) is 11.8. The van der Waals surface area contributed by atoms with E-state index in [0.29, 0.717) is 11.4 Å². The summed E-state index contributed by atoms with van der Waals surface area (Å²) >= 11 is 0. The summed E-state index contributed by atoms with van der Waals surface area (Å²) in [4.78, 5) is 27.7. The van der Waals surface area contributed by atoms with Gasteiger partial charge < -0.3 is 19.9 Å². The molecule has 1 heterocycles. The molecule has 1 unspecified atom stereocenters. The average molecular weight is 350 g/mol. The van der Waals surface area contributed by atoms with Crippen molar-refractivity contribution in [2.24, 2.45) is 0 Å². The molecule has 0 aromatic carbocycles. The number of carbonyl (C=O) groups excluding carboxylic acids is 1. The van der Waals surface area contributed by atoms with Crippen molar-refractivity contribution in [3.8, 4) is 5.88 Å². The van der Waals surface area contributed by atoms with Gasteiger partial charge in [0.1, 0.15) is 6.10 Å². The highest BCUT2D eigenvalue weighted by Gasteiger charge is 2.30. The van der Waals surface area contributed by atoms with Crippen LogP contribution in [0.15, 0.2) is 18.3 Å². The van der Waals surface area contributed by atoms with Gasteiger partial charge in [-0.2, -0.15) is 0 Å². The van der Waals surface area contributed by atoms with E-state index in [1.807, 2.05) is 0 Å². The van der Waals surface area contributed by atoms with Crippen LogP contribution in [0.3, 0.4) is 0 Å². The van der Waals surface area contributed by atoms with Gasteiger partial charge in [-0.05, 0) is 38.7 Å². The van der Waals surface area contributed by atoms with Crippen LogP contribution in [0.4, 0.5) is 0 Å². The first kappa shape index (κ1) is 19.2. The number of carbonyl (C=O) groups is 2. The lowest BCUT2D eigenvalue weighted by Crippen LogP contribution is -2.50. The summed E-state index contributed by atoms with van der Waals surface area (Å²) in [6.07, 6.45) is 6.97. The zero-order valence-corrected chi connectivity index (χ0v) is 14.8. The zero-order valence-electron chi connectivity index (χ0n) is 14.8. The van der Waals surface area contributed by atoms with Gasteiger partial charge in [-0.15, -0.1) is 0 Å². The van der Waals surface area contributed by atoms with Gasteiger partial charge >= 0.3 is 5.97 Å². The number of hydrogen-bond donors (Lipinski definition) is 2. The second-order valence-corrected chi connectivity index (χ2v) is 6.78. The van der Waals surface area contributed by atoms with Gasteiger partial charge in [0.05, 0.1) is 18.6 Å². The summed E-state index contributed by atoms with van der Waals surface area (Å²) in [5.74, 6) is -0.959. The highest BCUT2D eigenvalue weighted by Crippen LogP contribution is 2.23. The molecule has 1 aromatic rings. The topological polar surface area (TPSA) is 97.8 Å². The number of rotatable bonds is 8. The number of carboxylic acids is 1. The number of nitrogens with zero attached hydrogens (tertiary/aromatic N) is 1. The summed E-state index contributed by atoms with van der Waals surface area (Å²) in [7, 11) is 1.47. The number of nitrogens with one attached hydrogen (secondary N) is 1. The number of aliphatic carboxylic acids is 1. The lowest BCUT2D eigenvalue weighted by atomic mass is 9.98. The van der Waals surface area contributed by atoms with Gasteiger partial charge in [-0.1, -0.05) is 6.42 Å². The molecule has 138 valence electrons. The molecule has 0 saturated heterocycles. The average Bonchev–Trinajstić information content (AvgIpc) is 2.55. The molecule has 7 nitrogen and oxygen atoms in total. The van der Waals surface area contributed by atoms with Crippen molar-refractivity contribution >= 4 is 11.9 Å². The first-order valence-corrected chi connectivity index (χ1v) is 8.58. The number of carboxylic acid groups (broad SMARTS) is 1. The minimum atomic E-state index is -1.00. The first-order chi connectivity index (χ1) is 11.9. The molecule has 0 radical (unpaired) electrons. The summed E-state index contributed by atoms with van der Waals surface area (Å²) in [6, 6.07) is 3.18. The Bertz CT molecular complexity index is 601. The van der Waals surface area contributed by atoms with Gasteiger partial charge in [-0.25, -0.2) is 4.98 Å². The Hall–Kier alpha value is -2.15. The molecule has 1 fully saturated rings. The van der Waals surface area contributed by atoms with Crippen molar-refractivity contribution in [3.63, 3.8) is 0 Å². The predicted octanol–water partition coefficient (Wildman–Crippen LogP) is 2.40. The Kier molecular flexibility index (Phi) is 6.75. The van der Waals surface area contributed by atoms with Crippen LogP contribution < -0.4 is 10.1 Å². The molecule has 0 spiro atoms. The molecule has 2 N–H and O–H groups in total. The van der Waals surface area contributed by atoms with Crippen molar-refractivity contribution in [2.75, 3.05) is 13.7 Å². The lowest BCUT2D eigenvalue weighted by molar-refractivity contribution is -0.139. The summed E-state index contributed by atoms with van der Waals surface area (Å²) in [5.41, 5.74) is -0.612. The number of ether oxygens (including phenoxy) is 2. The Morgan fingerprint density at radius 3 is 2.72 bits per heavy atom. The number of pyridine rings is 1. The Balaban J connectivity index is 2.05. The van der Waals surface area contributed by atoms with Gasteiger partial charge in [0.15, 0.2) is 0 Å². The minimum absolute atomic E-state index is 0.0988. The van der Waals surface area contributed by atoms with Crippen LogP contribution in [0.1, 0.15) is 55.8 Å². The van der Waals surface area contributed by atoms with Crippen molar-refractivity contribution in [3.05, 3.63) is 23.9 Å². The molecule has 0 aliphatic heterocycles. The maximum absolute atomic E-state index is 12.5. The molecular weight excluding hydrogens is 324 g/mol. The highest BCUT2D eigenvalue weighted by atomic mass is 16.5. The van der Waals surface area contributed by atoms with Crippen LogP contribution in [0.2, 0.25) is 0 Å². The molecule has 1 amide bonds. The van der Waals surface area contributed by atoms with Gasteiger partial charge in [-0.3, -0.25) is 9.59 Å². The van der Waals surface area contributed by atoms with Crippen LogP contribution >= 0.6 is 0 Å². The van der Waals surface area contributed by atoms with Crippen LogP contribution in [-0.4, -0.2) is 47.3 Å². The standard InChI is InChI=1S/C18H26N2O5/c1-18(12-24-2,11-16(21)22)20-17(23)13-8-9-19-15(10-13)25-14-6-4-3-5-7-14/h8-10,14H,3-7,11-12H2,1-2H3,(H,20,23)(H,21,22). The summed E-state index contributed by atoms with van der Waals surface area (Å²) in [6.45, 7) is 1.74. The van der Waals surface area contributed by atoms with E-state index in [1.54, 1.807) is 19.1 Å². The zero-order chi connectivity index (χ0) is 18.3. The molecule has 25 heavy (non-hydrogen) atoms. The number of aromatic nitrogens is 1.